The van der Waals surface area contributed by atoms with Crippen LogP contribution in [0.2, 0.25) is 5.02 Å². The molecule has 0 unspecified atom stereocenters. The van der Waals surface area contributed by atoms with Gasteiger partial charge in [-0.2, -0.15) is 5.10 Å². The number of rotatable bonds is 5. The quantitative estimate of drug-likeness (QED) is 0.751. The van der Waals surface area contributed by atoms with Gasteiger partial charge in [0.2, 0.25) is 0 Å². The van der Waals surface area contributed by atoms with Crippen LogP contribution in [0.15, 0.2) is 60.8 Å². The highest BCUT2D eigenvalue weighted by atomic mass is 35.5. The molecule has 0 aliphatic rings. The number of hydrogen-bond acceptors (Lipinski definition) is 2. The highest BCUT2D eigenvalue weighted by Gasteiger charge is 2.14. The normalized spacial score (nSPS) is 10.5. The molecule has 5 heteroatoms. The van der Waals surface area contributed by atoms with Crippen molar-refractivity contribution in [3.05, 3.63) is 76.9 Å². The van der Waals surface area contributed by atoms with Crippen molar-refractivity contribution in [3.63, 3.8) is 0 Å². The van der Waals surface area contributed by atoms with Crippen LogP contribution in [0, 0.1) is 0 Å². The molecule has 0 radical (unpaired) electrons. The second-order valence-corrected chi connectivity index (χ2v) is 5.59. The molecule has 3 aromatic rings. The van der Waals surface area contributed by atoms with Crippen LogP contribution in [0.5, 0.6) is 0 Å². The van der Waals surface area contributed by atoms with Gasteiger partial charge in [0.15, 0.2) is 0 Å². The fourth-order valence-corrected chi connectivity index (χ4v) is 2.48. The van der Waals surface area contributed by atoms with Gasteiger partial charge in [-0.05, 0) is 24.1 Å². The van der Waals surface area contributed by atoms with Gasteiger partial charge in [-0.15, -0.1) is 0 Å². The predicted octanol–water partition coefficient (Wildman–Crippen LogP) is 3.70. The van der Waals surface area contributed by atoms with E-state index in [4.69, 9.17) is 11.6 Å². The number of nitrogens with zero attached hydrogens (tertiary/aromatic N) is 1. The lowest BCUT2D eigenvalue weighted by atomic mass is 10.1. The Bertz CT molecular complexity index is 782. The number of H-pyrrole nitrogens is 1. The minimum Gasteiger partial charge on any atom is -0.352 e. The summed E-state index contributed by atoms with van der Waals surface area (Å²) < 4.78 is 0. The third-order valence-corrected chi connectivity index (χ3v) is 3.81. The highest BCUT2D eigenvalue weighted by molar-refractivity contribution is 6.30. The molecule has 0 spiro atoms. The van der Waals surface area contributed by atoms with E-state index >= 15 is 0 Å². The predicted molar refractivity (Wildman–Crippen MR) is 91.5 cm³/mol. The molecular weight excluding hydrogens is 310 g/mol. The van der Waals surface area contributed by atoms with Crippen molar-refractivity contribution in [3.8, 4) is 11.3 Å². The third kappa shape index (κ3) is 3.79. The van der Waals surface area contributed by atoms with E-state index < -0.39 is 0 Å². The summed E-state index contributed by atoms with van der Waals surface area (Å²) in [6.45, 7) is 0.555. The average molecular weight is 326 g/mol. The van der Waals surface area contributed by atoms with Crippen LogP contribution in [-0.2, 0) is 6.42 Å². The van der Waals surface area contributed by atoms with Crippen molar-refractivity contribution in [1.29, 1.82) is 0 Å². The maximum Gasteiger partial charge on any atom is 0.255 e. The molecule has 23 heavy (non-hydrogen) atoms. The SMILES string of the molecule is O=C(NCCc1ccc(Cl)cc1)c1cn[nH]c1-c1ccccc1. The molecule has 116 valence electrons. The fraction of sp³-hybridized carbons (Fsp3) is 0.111. The molecule has 0 bridgehead atoms. The van der Waals surface area contributed by atoms with Crippen LogP contribution in [0.4, 0.5) is 0 Å². The Kier molecular flexibility index (Phi) is 4.74. The summed E-state index contributed by atoms with van der Waals surface area (Å²) in [7, 11) is 0. The van der Waals surface area contributed by atoms with E-state index in [9.17, 15) is 4.79 Å². The Morgan fingerprint density at radius 2 is 1.83 bits per heavy atom. The van der Waals surface area contributed by atoms with E-state index in [1.165, 1.54) is 0 Å². The number of aromatic amines is 1. The lowest BCUT2D eigenvalue weighted by Crippen LogP contribution is -2.25. The zero-order valence-electron chi connectivity index (χ0n) is 12.4. The summed E-state index contributed by atoms with van der Waals surface area (Å²) in [5, 5.41) is 10.5. The topological polar surface area (TPSA) is 57.8 Å². The van der Waals surface area contributed by atoms with Gasteiger partial charge in [-0.1, -0.05) is 54.1 Å². The second-order valence-electron chi connectivity index (χ2n) is 5.16. The molecule has 4 nitrogen and oxygen atoms in total. The molecule has 0 aliphatic carbocycles. The first-order chi connectivity index (χ1) is 11.2. The van der Waals surface area contributed by atoms with Gasteiger partial charge in [0.05, 0.1) is 17.5 Å². The van der Waals surface area contributed by atoms with Crippen LogP contribution >= 0.6 is 11.6 Å². The van der Waals surface area contributed by atoms with Crippen LogP contribution in [-0.4, -0.2) is 22.6 Å². The van der Waals surface area contributed by atoms with Gasteiger partial charge < -0.3 is 5.32 Å². The minimum absolute atomic E-state index is 0.133. The zero-order chi connectivity index (χ0) is 16.1. The molecule has 2 N–H and O–H groups in total. The van der Waals surface area contributed by atoms with Crippen LogP contribution in [0.1, 0.15) is 15.9 Å². The molecule has 0 fully saturated rings. The Morgan fingerprint density at radius 3 is 2.57 bits per heavy atom. The van der Waals surface area contributed by atoms with Crippen LogP contribution in [0.25, 0.3) is 11.3 Å². The number of hydrogen-bond donors (Lipinski definition) is 2. The van der Waals surface area contributed by atoms with Crippen LogP contribution in [0.3, 0.4) is 0 Å². The number of benzene rings is 2. The van der Waals surface area contributed by atoms with Crippen molar-refractivity contribution in [2.24, 2.45) is 0 Å². The summed E-state index contributed by atoms with van der Waals surface area (Å²) >= 11 is 5.86. The van der Waals surface area contributed by atoms with Gasteiger partial charge in [0.25, 0.3) is 5.91 Å². The molecule has 1 aromatic heterocycles. The van der Waals surface area contributed by atoms with Gasteiger partial charge in [0.1, 0.15) is 0 Å². The Hall–Kier alpha value is -2.59. The van der Waals surface area contributed by atoms with Crippen molar-refractivity contribution >= 4 is 17.5 Å². The molecule has 1 heterocycles. The monoisotopic (exact) mass is 325 g/mol. The molecule has 0 atom stereocenters. The molecular formula is C18H16ClN3O. The number of amides is 1. The summed E-state index contributed by atoms with van der Waals surface area (Å²) in [5.74, 6) is -0.133. The van der Waals surface area contributed by atoms with Gasteiger partial charge in [-0.25, -0.2) is 0 Å². The molecule has 0 saturated heterocycles. The van der Waals surface area contributed by atoms with Gasteiger partial charge >= 0.3 is 0 Å². The Morgan fingerprint density at radius 1 is 1.09 bits per heavy atom. The smallest absolute Gasteiger partial charge is 0.255 e. The maximum atomic E-state index is 12.4. The second kappa shape index (κ2) is 7.11. The summed E-state index contributed by atoms with van der Waals surface area (Å²) in [5.41, 5.74) is 3.35. The van der Waals surface area contributed by atoms with E-state index in [-0.39, 0.29) is 5.91 Å². The minimum atomic E-state index is -0.133. The van der Waals surface area contributed by atoms with E-state index in [2.05, 4.69) is 15.5 Å². The van der Waals surface area contributed by atoms with E-state index in [1.54, 1.807) is 6.20 Å². The average Bonchev–Trinajstić information content (AvgIpc) is 3.07. The number of carbonyl (C=O) groups excluding carboxylic acids is 1. The number of nitrogens with one attached hydrogen (secondary N) is 2. The van der Waals surface area contributed by atoms with E-state index in [0.29, 0.717) is 17.1 Å². The van der Waals surface area contributed by atoms with Crippen molar-refractivity contribution in [1.82, 2.24) is 15.5 Å². The van der Waals surface area contributed by atoms with Crippen molar-refractivity contribution in [2.75, 3.05) is 6.54 Å². The lowest BCUT2D eigenvalue weighted by molar-refractivity contribution is 0.0955. The van der Waals surface area contributed by atoms with Crippen LogP contribution < -0.4 is 5.32 Å². The first kappa shape index (κ1) is 15.3. The van der Waals surface area contributed by atoms with E-state index in [1.807, 2.05) is 54.6 Å². The standard InChI is InChI=1S/C18H16ClN3O/c19-15-8-6-13(7-9-15)10-11-20-18(23)16-12-21-22-17(16)14-4-2-1-3-5-14/h1-9,12H,10-11H2,(H,20,23)(H,21,22). The highest BCUT2D eigenvalue weighted by Crippen LogP contribution is 2.20. The Labute approximate surface area is 139 Å². The number of halogens is 1. The maximum absolute atomic E-state index is 12.4. The lowest BCUT2D eigenvalue weighted by Gasteiger charge is -2.06. The first-order valence-corrected chi connectivity index (χ1v) is 7.73. The molecule has 3 rings (SSSR count). The third-order valence-electron chi connectivity index (χ3n) is 3.56. The van der Waals surface area contributed by atoms with Crippen molar-refractivity contribution < 1.29 is 4.79 Å². The zero-order valence-corrected chi connectivity index (χ0v) is 13.2. The fourth-order valence-electron chi connectivity index (χ4n) is 2.35. The molecule has 2 aromatic carbocycles. The molecule has 0 aliphatic heterocycles. The van der Waals surface area contributed by atoms with Gasteiger partial charge in [0, 0.05) is 17.1 Å². The van der Waals surface area contributed by atoms with Crippen molar-refractivity contribution in [2.45, 2.75) is 6.42 Å². The summed E-state index contributed by atoms with van der Waals surface area (Å²) in [6, 6.07) is 17.3. The molecule has 1 amide bonds. The number of carbonyl (C=O) groups is 1. The van der Waals surface area contributed by atoms with Gasteiger partial charge in [-0.3, -0.25) is 9.89 Å². The molecule has 0 saturated carbocycles. The first-order valence-electron chi connectivity index (χ1n) is 7.35. The summed E-state index contributed by atoms with van der Waals surface area (Å²) in [6.07, 6.45) is 2.31. The Balaban J connectivity index is 1.63. The largest absolute Gasteiger partial charge is 0.352 e. The van der Waals surface area contributed by atoms with E-state index in [0.717, 1.165) is 23.2 Å². The summed E-state index contributed by atoms with van der Waals surface area (Å²) in [4.78, 5) is 12.4. The number of aromatic nitrogens is 2.